The van der Waals surface area contributed by atoms with Crippen LogP contribution in [0, 0.1) is 0 Å². The Morgan fingerprint density at radius 1 is 1.05 bits per heavy atom. The van der Waals surface area contributed by atoms with E-state index < -0.39 is 28.1 Å². The van der Waals surface area contributed by atoms with Gasteiger partial charge in [0.25, 0.3) is 5.91 Å². The van der Waals surface area contributed by atoms with Crippen molar-refractivity contribution in [1.29, 1.82) is 0 Å². The van der Waals surface area contributed by atoms with E-state index in [0.717, 1.165) is 0 Å². The number of carbonyl (C=O) groups excluding carboxylic acids is 1. The molecule has 0 fully saturated rings. The first-order chi connectivity index (χ1) is 9.00. The van der Waals surface area contributed by atoms with Gasteiger partial charge >= 0.3 is 0 Å². The van der Waals surface area contributed by atoms with E-state index in [0.29, 0.717) is 16.3 Å². The van der Waals surface area contributed by atoms with E-state index in [2.05, 4.69) is 5.32 Å². The Hall–Kier alpha value is -1.61. The summed E-state index contributed by atoms with van der Waals surface area (Å²) in [5, 5.41) is 3.34. The van der Waals surface area contributed by atoms with Gasteiger partial charge in [0.1, 0.15) is 0 Å². The maximum atomic E-state index is 11.8. The van der Waals surface area contributed by atoms with Gasteiger partial charge < -0.3 is 14.4 Å². The lowest BCUT2D eigenvalue weighted by Gasteiger charge is -2.08. The van der Waals surface area contributed by atoms with E-state index in [-0.39, 0.29) is 15.5 Å². The second-order valence-electron chi connectivity index (χ2n) is 3.93. The van der Waals surface area contributed by atoms with E-state index in [4.69, 9.17) is 0 Å². The smallest absolute Gasteiger partial charge is 0.256 e. The third-order valence-electron chi connectivity index (χ3n) is 2.95. The van der Waals surface area contributed by atoms with Gasteiger partial charge in [-0.1, -0.05) is 12.1 Å². The van der Waals surface area contributed by atoms with Crippen LogP contribution in [-0.2, 0) is 22.2 Å². The standard InChI is InChI=1S/C11H7NO5S2/c13-11-6-3-1-2-5-7(18(14)15)4-8(19(16)17)10(12-11)9(5)6/h1-4H,(H,12,13)(H,14,15)(H,16,17). The molecule has 2 aromatic carbocycles. The monoisotopic (exact) mass is 297 g/mol. The molecular formula is C11H7NO5S2. The van der Waals surface area contributed by atoms with Crippen LogP contribution in [0.25, 0.3) is 10.8 Å². The lowest BCUT2D eigenvalue weighted by molar-refractivity contribution is 0.103. The Morgan fingerprint density at radius 2 is 1.74 bits per heavy atom. The van der Waals surface area contributed by atoms with Crippen molar-refractivity contribution in [3.63, 3.8) is 0 Å². The summed E-state index contributed by atoms with van der Waals surface area (Å²) in [4.78, 5) is 11.7. The molecule has 19 heavy (non-hydrogen) atoms. The zero-order chi connectivity index (χ0) is 13.7. The van der Waals surface area contributed by atoms with Crippen LogP contribution in [0.2, 0.25) is 0 Å². The number of amides is 1. The first-order valence-electron chi connectivity index (χ1n) is 5.13. The molecule has 0 bridgehead atoms. The van der Waals surface area contributed by atoms with Crippen LogP contribution >= 0.6 is 0 Å². The van der Waals surface area contributed by atoms with Crippen LogP contribution in [-0.4, -0.2) is 23.4 Å². The van der Waals surface area contributed by atoms with E-state index in [1.54, 1.807) is 18.2 Å². The zero-order valence-electron chi connectivity index (χ0n) is 9.25. The predicted molar refractivity (Wildman–Crippen MR) is 70.0 cm³/mol. The largest absolute Gasteiger partial charge is 0.320 e. The molecule has 1 amide bonds. The molecule has 98 valence electrons. The summed E-state index contributed by atoms with van der Waals surface area (Å²) >= 11 is -4.68. The van der Waals surface area contributed by atoms with Crippen LogP contribution in [0.1, 0.15) is 10.4 Å². The Kier molecular flexibility index (Phi) is 2.75. The van der Waals surface area contributed by atoms with E-state index in [1.165, 1.54) is 6.07 Å². The predicted octanol–water partition coefficient (Wildman–Crippen LogP) is 1.57. The summed E-state index contributed by atoms with van der Waals surface area (Å²) < 4.78 is 41.2. The maximum Gasteiger partial charge on any atom is 0.256 e. The molecule has 3 N–H and O–H groups in total. The number of hydrogen-bond donors (Lipinski definition) is 3. The van der Waals surface area contributed by atoms with Crippen LogP contribution in [0.15, 0.2) is 34.1 Å². The van der Waals surface area contributed by atoms with Crippen molar-refractivity contribution in [2.45, 2.75) is 9.79 Å². The quantitative estimate of drug-likeness (QED) is 0.730. The van der Waals surface area contributed by atoms with Gasteiger partial charge in [-0.25, -0.2) is 8.42 Å². The molecular weight excluding hydrogens is 290 g/mol. The van der Waals surface area contributed by atoms with E-state index in [1.807, 2.05) is 0 Å². The average Bonchev–Trinajstić information content (AvgIpc) is 2.68. The van der Waals surface area contributed by atoms with Gasteiger partial charge in [0, 0.05) is 16.3 Å². The average molecular weight is 297 g/mol. The highest BCUT2D eigenvalue weighted by molar-refractivity contribution is 7.80. The molecule has 6 nitrogen and oxygen atoms in total. The Labute approximate surface area is 112 Å². The van der Waals surface area contributed by atoms with Crippen LogP contribution in [0.4, 0.5) is 5.69 Å². The first kappa shape index (κ1) is 12.4. The molecule has 1 heterocycles. The molecule has 0 saturated carbocycles. The van der Waals surface area contributed by atoms with Gasteiger partial charge in [-0.15, -0.1) is 0 Å². The van der Waals surface area contributed by atoms with Gasteiger partial charge in [0.2, 0.25) is 0 Å². The molecule has 0 aromatic heterocycles. The number of carbonyl (C=O) groups is 1. The number of benzene rings is 2. The van der Waals surface area contributed by atoms with Crippen molar-refractivity contribution in [2.24, 2.45) is 0 Å². The third-order valence-corrected chi connectivity index (χ3v) is 4.36. The fourth-order valence-electron chi connectivity index (χ4n) is 2.20. The van der Waals surface area contributed by atoms with Crippen LogP contribution < -0.4 is 5.32 Å². The molecule has 0 radical (unpaired) electrons. The molecule has 1 aliphatic rings. The van der Waals surface area contributed by atoms with Gasteiger partial charge in [-0.3, -0.25) is 4.79 Å². The summed E-state index contributed by atoms with van der Waals surface area (Å²) in [5.41, 5.74) is 0.553. The minimum Gasteiger partial charge on any atom is -0.320 e. The van der Waals surface area contributed by atoms with Crippen molar-refractivity contribution in [2.75, 3.05) is 5.32 Å². The lowest BCUT2D eigenvalue weighted by Crippen LogP contribution is -2.06. The molecule has 0 spiro atoms. The Bertz CT molecular complexity index is 786. The minimum atomic E-state index is -2.37. The highest BCUT2D eigenvalue weighted by Gasteiger charge is 2.28. The zero-order valence-corrected chi connectivity index (χ0v) is 10.9. The van der Waals surface area contributed by atoms with Crippen molar-refractivity contribution in [3.05, 3.63) is 29.8 Å². The SMILES string of the molecule is O=C1Nc2c(S(=O)O)cc(S(=O)O)c3cccc1c23. The molecule has 3 rings (SSSR count). The molecule has 8 heteroatoms. The van der Waals surface area contributed by atoms with Crippen molar-refractivity contribution in [3.8, 4) is 0 Å². The summed E-state index contributed by atoms with van der Waals surface area (Å²) in [6.07, 6.45) is 0. The molecule has 1 aliphatic heterocycles. The topological polar surface area (TPSA) is 104 Å². The highest BCUT2D eigenvalue weighted by Crippen LogP contribution is 2.39. The third kappa shape index (κ3) is 1.72. The molecule has 0 aliphatic carbocycles. The summed E-state index contributed by atoms with van der Waals surface area (Å²) in [7, 11) is 0. The molecule has 2 aromatic rings. The number of rotatable bonds is 2. The first-order valence-corrected chi connectivity index (χ1v) is 7.35. The normalized spacial score (nSPS) is 16.4. The van der Waals surface area contributed by atoms with Gasteiger partial charge in [-0.05, 0) is 12.1 Å². The van der Waals surface area contributed by atoms with Crippen molar-refractivity contribution >= 4 is 44.5 Å². The summed E-state index contributed by atoms with van der Waals surface area (Å²) in [6.45, 7) is 0. The molecule has 0 saturated heterocycles. The number of hydrogen-bond acceptors (Lipinski definition) is 3. The highest BCUT2D eigenvalue weighted by atomic mass is 32.2. The fourth-order valence-corrected chi connectivity index (χ4v) is 3.39. The summed E-state index contributed by atoms with van der Waals surface area (Å²) in [5.74, 6) is -0.395. The van der Waals surface area contributed by atoms with Gasteiger partial charge in [-0.2, -0.15) is 0 Å². The fraction of sp³-hybridized carbons (Fsp3) is 0. The molecule has 2 unspecified atom stereocenters. The number of nitrogens with one attached hydrogen (secondary N) is 1. The summed E-state index contributed by atoms with van der Waals surface area (Å²) in [6, 6.07) is 5.91. The lowest BCUT2D eigenvalue weighted by atomic mass is 10.1. The van der Waals surface area contributed by atoms with E-state index in [9.17, 15) is 22.3 Å². The second kappa shape index (κ2) is 4.20. The Morgan fingerprint density at radius 3 is 2.37 bits per heavy atom. The maximum absolute atomic E-state index is 11.8. The van der Waals surface area contributed by atoms with Gasteiger partial charge in [0.15, 0.2) is 22.2 Å². The minimum absolute atomic E-state index is 0.00880. The van der Waals surface area contributed by atoms with E-state index >= 15 is 0 Å². The van der Waals surface area contributed by atoms with Crippen LogP contribution in [0.5, 0.6) is 0 Å². The Balaban J connectivity index is 2.54. The van der Waals surface area contributed by atoms with Crippen molar-refractivity contribution < 1.29 is 22.3 Å². The van der Waals surface area contributed by atoms with Crippen molar-refractivity contribution in [1.82, 2.24) is 0 Å². The number of anilines is 1. The van der Waals surface area contributed by atoms with Crippen LogP contribution in [0.3, 0.4) is 0 Å². The second-order valence-corrected chi connectivity index (χ2v) is 5.80. The molecule has 2 atom stereocenters. The van der Waals surface area contributed by atoms with Gasteiger partial charge in [0.05, 0.1) is 15.5 Å².